The lowest BCUT2D eigenvalue weighted by atomic mass is 9.79. The summed E-state index contributed by atoms with van der Waals surface area (Å²) in [6.45, 7) is 2.39. The van der Waals surface area contributed by atoms with Gasteiger partial charge in [0.1, 0.15) is 17.8 Å². The monoisotopic (exact) mass is 403 g/mol. The van der Waals surface area contributed by atoms with Gasteiger partial charge in [0, 0.05) is 39.1 Å². The molecule has 9 heteroatoms. The van der Waals surface area contributed by atoms with Crippen LogP contribution in [0.2, 0.25) is 0 Å². The molecule has 0 radical (unpaired) electrons. The van der Waals surface area contributed by atoms with Gasteiger partial charge in [-0.1, -0.05) is 6.07 Å². The van der Waals surface area contributed by atoms with Crippen molar-refractivity contribution in [1.82, 2.24) is 9.80 Å². The highest BCUT2D eigenvalue weighted by Crippen LogP contribution is 2.34. The number of aliphatic carboxylic acids is 1. The lowest BCUT2D eigenvalue weighted by molar-refractivity contribution is -0.156. The van der Waals surface area contributed by atoms with Gasteiger partial charge in [-0.05, 0) is 42.5 Å². The van der Waals surface area contributed by atoms with Crippen LogP contribution in [0.15, 0.2) is 18.2 Å². The van der Waals surface area contributed by atoms with Gasteiger partial charge in [0.25, 0.3) is 0 Å². The van der Waals surface area contributed by atoms with Gasteiger partial charge in [-0.3, -0.25) is 15.0 Å². The number of amides is 1. The number of nitrogens with two attached hydrogens (primary N) is 2. The molecule has 1 aromatic rings. The fourth-order valence-electron chi connectivity index (χ4n) is 3.94. The SMILES string of the molecule is N=C(N)N1CCc2ccc(OCC3(C(=O)O)CCN(C(=O)CCN)CC3)cc2C1. The molecule has 6 N–H and O–H groups in total. The maximum atomic E-state index is 12.0. The largest absolute Gasteiger partial charge is 0.492 e. The number of rotatable bonds is 6. The second-order valence-electron chi connectivity index (χ2n) is 7.78. The van der Waals surface area contributed by atoms with E-state index in [0.717, 1.165) is 12.0 Å². The number of hydrogen-bond donors (Lipinski definition) is 4. The van der Waals surface area contributed by atoms with Gasteiger partial charge < -0.3 is 31.1 Å². The number of carboxylic acid groups (broad SMARTS) is 1. The molecule has 2 heterocycles. The normalized spacial score (nSPS) is 18.1. The standard InChI is InChI=1S/C20H29N5O4/c21-7-3-17(26)24-9-5-20(6-10-24,18(27)28)13-29-16-2-1-14-4-8-25(19(22)23)12-15(14)11-16/h1-2,11H,3-10,12-13,21H2,(H3,22,23)(H,27,28). The molecule has 0 unspecified atom stereocenters. The first kappa shape index (κ1) is 20.9. The number of ether oxygens (including phenoxy) is 1. The van der Waals surface area contributed by atoms with Gasteiger partial charge in [-0.15, -0.1) is 0 Å². The van der Waals surface area contributed by atoms with E-state index in [0.29, 0.717) is 51.3 Å². The average molecular weight is 403 g/mol. The molecule has 9 nitrogen and oxygen atoms in total. The van der Waals surface area contributed by atoms with Gasteiger partial charge in [0.2, 0.25) is 5.91 Å². The first-order valence-electron chi connectivity index (χ1n) is 9.89. The lowest BCUT2D eigenvalue weighted by Gasteiger charge is -2.38. The molecule has 1 fully saturated rings. The summed E-state index contributed by atoms with van der Waals surface area (Å²) >= 11 is 0. The zero-order valence-electron chi connectivity index (χ0n) is 16.5. The van der Waals surface area contributed by atoms with Crippen LogP contribution in [0.5, 0.6) is 5.75 Å². The minimum Gasteiger partial charge on any atom is -0.492 e. The van der Waals surface area contributed by atoms with Gasteiger partial charge in [0.15, 0.2) is 5.96 Å². The molecule has 29 heavy (non-hydrogen) atoms. The summed E-state index contributed by atoms with van der Waals surface area (Å²) in [5, 5.41) is 17.5. The number of nitrogens with one attached hydrogen (secondary N) is 1. The van der Waals surface area contributed by atoms with Crippen molar-refractivity contribution in [3.8, 4) is 5.75 Å². The summed E-state index contributed by atoms with van der Waals surface area (Å²) in [6.07, 6.45) is 1.79. The van der Waals surface area contributed by atoms with Crippen LogP contribution >= 0.6 is 0 Å². The Bertz CT molecular complexity index is 789. The number of benzene rings is 1. The quantitative estimate of drug-likeness (QED) is 0.396. The van der Waals surface area contributed by atoms with Crippen molar-refractivity contribution < 1.29 is 19.4 Å². The van der Waals surface area contributed by atoms with E-state index in [1.807, 2.05) is 18.2 Å². The Morgan fingerprint density at radius 2 is 1.90 bits per heavy atom. The highest BCUT2D eigenvalue weighted by atomic mass is 16.5. The maximum Gasteiger partial charge on any atom is 0.313 e. The van der Waals surface area contributed by atoms with Crippen molar-refractivity contribution >= 4 is 17.8 Å². The van der Waals surface area contributed by atoms with Crippen molar-refractivity contribution in [2.24, 2.45) is 16.9 Å². The van der Waals surface area contributed by atoms with Crippen molar-refractivity contribution in [1.29, 1.82) is 5.41 Å². The first-order valence-corrected chi connectivity index (χ1v) is 9.89. The Hall–Kier alpha value is -2.81. The second-order valence-corrected chi connectivity index (χ2v) is 7.78. The molecule has 0 atom stereocenters. The number of piperidine rings is 1. The Morgan fingerprint density at radius 3 is 2.52 bits per heavy atom. The maximum absolute atomic E-state index is 12.0. The number of fused-ring (bicyclic) bond motifs is 1. The second kappa shape index (κ2) is 8.69. The van der Waals surface area contributed by atoms with E-state index >= 15 is 0 Å². The molecule has 0 aromatic heterocycles. The first-order chi connectivity index (χ1) is 13.8. The van der Waals surface area contributed by atoms with E-state index in [2.05, 4.69) is 0 Å². The molecular formula is C20H29N5O4. The van der Waals surface area contributed by atoms with Gasteiger partial charge >= 0.3 is 5.97 Å². The molecule has 0 aliphatic carbocycles. The molecule has 0 spiro atoms. The summed E-state index contributed by atoms with van der Waals surface area (Å²) in [7, 11) is 0. The van der Waals surface area contributed by atoms with Crippen molar-refractivity contribution in [2.75, 3.05) is 32.8 Å². The molecule has 2 aliphatic rings. The molecule has 3 rings (SSSR count). The average Bonchev–Trinajstić information content (AvgIpc) is 2.72. The summed E-state index contributed by atoms with van der Waals surface area (Å²) in [5.41, 5.74) is 12.3. The van der Waals surface area contributed by atoms with Crippen LogP contribution in [-0.2, 0) is 22.6 Å². The van der Waals surface area contributed by atoms with E-state index in [-0.39, 0.29) is 24.9 Å². The molecule has 0 saturated carbocycles. The number of nitrogens with zero attached hydrogens (tertiary/aromatic N) is 2. The lowest BCUT2D eigenvalue weighted by Crippen LogP contribution is -2.49. The summed E-state index contributed by atoms with van der Waals surface area (Å²) in [5.74, 6) is -0.277. The van der Waals surface area contributed by atoms with E-state index in [4.69, 9.17) is 21.6 Å². The molecule has 1 aromatic carbocycles. The third-order valence-electron chi connectivity index (χ3n) is 5.93. The van der Waals surface area contributed by atoms with Crippen LogP contribution in [-0.4, -0.2) is 65.5 Å². The highest BCUT2D eigenvalue weighted by Gasteiger charge is 2.43. The highest BCUT2D eigenvalue weighted by molar-refractivity contribution is 5.78. The number of carboxylic acids is 1. The number of likely N-dealkylation sites (tertiary alicyclic amines) is 1. The smallest absolute Gasteiger partial charge is 0.313 e. The zero-order chi connectivity index (χ0) is 21.0. The van der Waals surface area contributed by atoms with Gasteiger partial charge in [-0.25, -0.2) is 0 Å². The van der Waals surface area contributed by atoms with Crippen LogP contribution in [0, 0.1) is 10.8 Å². The van der Waals surface area contributed by atoms with E-state index in [1.165, 1.54) is 5.56 Å². The molecule has 2 aliphatic heterocycles. The topological polar surface area (TPSA) is 146 Å². The molecular weight excluding hydrogens is 374 g/mol. The van der Waals surface area contributed by atoms with Crippen LogP contribution in [0.25, 0.3) is 0 Å². The summed E-state index contributed by atoms with van der Waals surface area (Å²) < 4.78 is 5.91. The minimum absolute atomic E-state index is 0.0304. The van der Waals surface area contributed by atoms with Crippen LogP contribution in [0.3, 0.4) is 0 Å². The third kappa shape index (κ3) is 4.61. The predicted octanol–water partition coefficient (Wildman–Crippen LogP) is 0.359. The van der Waals surface area contributed by atoms with Crippen molar-refractivity contribution in [3.63, 3.8) is 0 Å². The number of guanidine groups is 1. The Kier molecular flexibility index (Phi) is 6.26. The third-order valence-corrected chi connectivity index (χ3v) is 5.93. The van der Waals surface area contributed by atoms with E-state index in [1.54, 1.807) is 9.80 Å². The number of carbonyl (C=O) groups excluding carboxylic acids is 1. The molecule has 1 saturated heterocycles. The predicted molar refractivity (Wildman–Crippen MR) is 108 cm³/mol. The van der Waals surface area contributed by atoms with Gasteiger partial charge in [-0.2, -0.15) is 0 Å². The summed E-state index contributed by atoms with van der Waals surface area (Å²) in [6, 6.07) is 5.75. The summed E-state index contributed by atoms with van der Waals surface area (Å²) in [4.78, 5) is 27.5. The van der Waals surface area contributed by atoms with Crippen molar-refractivity contribution in [2.45, 2.75) is 32.2 Å². The molecule has 158 valence electrons. The van der Waals surface area contributed by atoms with Gasteiger partial charge in [0.05, 0.1) is 0 Å². The van der Waals surface area contributed by atoms with Crippen LogP contribution in [0.1, 0.15) is 30.4 Å². The zero-order valence-corrected chi connectivity index (χ0v) is 16.5. The minimum atomic E-state index is -1.01. The molecule has 0 bridgehead atoms. The molecule has 1 amide bonds. The van der Waals surface area contributed by atoms with Crippen molar-refractivity contribution in [3.05, 3.63) is 29.3 Å². The van der Waals surface area contributed by atoms with E-state index < -0.39 is 11.4 Å². The fourth-order valence-corrected chi connectivity index (χ4v) is 3.94. The van der Waals surface area contributed by atoms with Crippen LogP contribution < -0.4 is 16.2 Å². The Morgan fingerprint density at radius 1 is 1.17 bits per heavy atom. The fraction of sp³-hybridized carbons (Fsp3) is 0.550. The van der Waals surface area contributed by atoms with E-state index in [9.17, 15) is 14.7 Å². The van der Waals surface area contributed by atoms with Crippen LogP contribution in [0.4, 0.5) is 0 Å². The number of carbonyl (C=O) groups is 2. The Labute approximate surface area is 170 Å². The number of hydrogen-bond acceptors (Lipinski definition) is 5. The Balaban J connectivity index is 1.65.